The zero-order valence-electron chi connectivity index (χ0n) is 12.6. The minimum Gasteiger partial charge on any atom is -0.356 e. The maximum Gasteiger partial charge on any atom is 0.234 e. The molecule has 2 amide bonds. The van der Waals surface area contributed by atoms with Crippen molar-refractivity contribution in [3.8, 4) is 0 Å². The second-order valence-electron chi connectivity index (χ2n) is 6.09. The number of nitrogens with one attached hydrogen (secondary N) is 1. The summed E-state index contributed by atoms with van der Waals surface area (Å²) < 4.78 is 13.9. The number of alkyl halides is 1. The molecule has 1 aromatic heterocycles. The standard InChI is InChI=1S/C16H18FN3O3/c17-16(10-21)5-7-20(8-6-16)13-3-1-11(9-18-13)12-2-4-14(22)19-15(12)23/h1,3,9-10,12H,2,4-8H2,(H,19,22,23)/t12-/m1/s1. The first kappa shape index (κ1) is 15.6. The predicted molar refractivity (Wildman–Crippen MR) is 80.7 cm³/mol. The van der Waals surface area contributed by atoms with Gasteiger partial charge >= 0.3 is 0 Å². The van der Waals surface area contributed by atoms with Crippen molar-refractivity contribution in [2.75, 3.05) is 18.0 Å². The van der Waals surface area contributed by atoms with E-state index >= 15 is 0 Å². The van der Waals surface area contributed by atoms with E-state index in [9.17, 15) is 18.8 Å². The van der Waals surface area contributed by atoms with Crippen LogP contribution < -0.4 is 10.2 Å². The molecule has 1 aromatic rings. The SMILES string of the molecule is O=CC1(F)CCN(c2ccc([C@H]3CCC(=O)NC3=O)cn2)CC1. The minimum absolute atomic E-state index is 0.160. The smallest absolute Gasteiger partial charge is 0.234 e. The molecule has 0 bridgehead atoms. The third-order valence-corrected chi connectivity index (χ3v) is 4.54. The Hall–Kier alpha value is -2.31. The van der Waals surface area contributed by atoms with Crippen LogP contribution in [-0.2, 0) is 14.4 Å². The molecule has 7 heteroatoms. The molecule has 122 valence electrons. The van der Waals surface area contributed by atoms with Crippen molar-refractivity contribution >= 4 is 23.9 Å². The summed E-state index contributed by atoms with van der Waals surface area (Å²) in [4.78, 5) is 40.0. The van der Waals surface area contributed by atoms with Crippen LogP contribution >= 0.6 is 0 Å². The first-order valence-electron chi connectivity index (χ1n) is 7.71. The van der Waals surface area contributed by atoms with Gasteiger partial charge in [0.1, 0.15) is 5.82 Å². The Bertz CT molecular complexity index is 624. The molecule has 0 radical (unpaired) electrons. The monoisotopic (exact) mass is 319 g/mol. The number of carbonyl (C=O) groups is 3. The van der Waals surface area contributed by atoms with Crippen molar-refractivity contribution in [2.45, 2.75) is 37.3 Å². The highest BCUT2D eigenvalue weighted by molar-refractivity contribution is 6.00. The number of rotatable bonds is 3. The number of pyridine rings is 1. The number of carbonyl (C=O) groups excluding carboxylic acids is 3. The highest BCUT2D eigenvalue weighted by Crippen LogP contribution is 2.29. The van der Waals surface area contributed by atoms with Crippen LogP contribution in [0.2, 0.25) is 0 Å². The summed E-state index contributed by atoms with van der Waals surface area (Å²) in [6.07, 6.45) is 3.16. The van der Waals surface area contributed by atoms with Gasteiger partial charge in [-0.3, -0.25) is 19.7 Å². The van der Waals surface area contributed by atoms with Crippen molar-refractivity contribution in [3.05, 3.63) is 23.9 Å². The van der Waals surface area contributed by atoms with E-state index in [1.54, 1.807) is 12.3 Å². The molecule has 2 fully saturated rings. The Morgan fingerprint density at radius 3 is 2.61 bits per heavy atom. The van der Waals surface area contributed by atoms with Crippen molar-refractivity contribution in [1.82, 2.24) is 10.3 Å². The van der Waals surface area contributed by atoms with Crippen LogP contribution in [0, 0.1) is 0 Å². The van der Waals surface area contributed by atoms with E-state index in [4.69, 9.17) is 0 Å². The van der Waals surface area contributed by atoms with Crippen molar-refractivity contribution in [3.63, 3.8) is 0 Å². The molecule has 0 spiro atoms. The number of hydrogen-bond donors (Lipinski definition) is 1. The lowest BCUT2D eigenvalue weighted by Gasteiger charge is -2.34. The normalized spacial score (nSPS) is 24.2. The summed E-state index contributed by atoms with van der Waals surface area (Å²) in [6.45, 7) is 0.861. The summed E-state index contributed by atoms with van der Waals surface area (Å²) in [5, 5.41) is 2.33. The fraction of sp³-hybridized carbons (Fsp3) is 0.500. The van der Waals surface area contributed by atoms with E-state index in [0.717, 1.165) is 5.56 Å². The van der Waals surface area contributed by atoms with Gasteiger partial charge in [-0.2, -0.15) is 0 Å². The van der Waals surface area contributed by atoms with Gasteiger partial charge in [-0.25, -0.2) is 9.37 Å². The number of piperidine rings is 2. The summed E-state index contributed by atoms with van der Waals surface area (Å²) in [7, 11) is 0. The molecule has 2 aliphatic heterocycles. The minimum atomic E-state index is -1.72. The van der Waals surface area contributed by atoms with Crippen molar-refractivity contribution in [1.29, 1.82) is 0 Å². The Morgan fingerprint density at radius 2 is 2.04 bits per heavy atom. The lowest BCUT2D eigenvalue weighted by molar-refractivity contribution is -0.134. The molecule has 23 heavy (non-hydrogen) atoms. The molecular formula is C16H18FN3O3. The topological polar surface area (TPSA) is 79.4 Å². The van der Waals surface area contributed by atoms with E-state index in [-0.39, 0.29) is 30.6 Å². The fourth-order valence-corrected chi connectivity index (χ4v) is 3.03. The first-order chi connectivity index (χ1) is 11.0. The quantitative estimate of drug-likeness (QED) is 0.667. The molecule has 0 saturated carbocycles. The van der Waals surface area contributed by atoms with Crippen LogP contribution in [0.3, 0.4) is 0 Å². The lowest BCUT2D eigenvalue weighted by atomic mass is 9.91. The van der Waals surface area contributed by atoms with Crippen LogP contribution in [0.15, 0.2) is 18.3 Å². The van der Waals surface area contributed by atoms with E-state index in [2.05, 4.69) is 10.3 Å². The van der Waals surface area contributed by atoms with E-state index in [1.165, 1.54) is 0 Å². The summed E-state index contributed by atoms with van der Waals surface area (Å²) in [6, 6.07) is 3.62. The number of aromatic nitrogens is 1. The zero-order chi connectivity index (χ0) is 16.4. The Labute approximate surface area is 133 Å². The zero-order valence-corrected chi connectivity index (χ0v) is 12.6. The Morgan fingerprint density at radius 1 is 1.30 bits per heavy atom. The Kier molecular flexibility index (Phi) is 4.11. The second kappa shape index (κ2) is 6.06. The summed E-state index contributed by atoms with van der Waals surface area (Å²) >= 11 is 0. The first-order valence-corrected chi connectivity index (χ1v) is 7.71. The number of nitrogens with zero attached hydrogens (tertiary/aromatic N) is 2. The van der Waals surface area contributed by atoms with Crippen LogP contribution in [0.4, 0.5) is 10.2 Å². The summed E-state index contributed by atoms with van der Waals surface area (Å²) in [5.74, 6) is -0.186. The van der Waals surface area contributed by atoms with E-state index in [1.807, 2.05) is 11.0 Å². The number of halogens is 1. The van der Waals surface area contributed by atoms with Gasteiger partial charge in [-0.1, -0.05) is 6.07 Å². The molecular weight excluding hydrogens is 301 g/mol. The number of aldehydes is 1. The molecule has 0 aromatic carbocycles. The average Bonchev–Trinajstić information content (AvgIpc) is 2.56. The van der Waals surface area contributed by atoms with Gasteiger partial charge in [0.15, 0.2) is 12.0 Å². The van der Waals surface area contributed by atoms with Gasteiger partial charge < -0.3 is 4.90 Å². The molecule has 0 aliphatic carbocycles. The second-order valence-corrected chi connectivity index (χ2v) is 6.09. The van der Waals surface area contributed by atoms with Gasteiger partial charge in [0.25, 0.3) is 0 Å². The average molecular weight is 319 g/mol. The van der Waals surface area contributed by atoms with Gasteiger partial charge in [0, 0.05) is 38.5 Å². The molecule has 3 rings (SSSR count). The van der Waals surface area contributed by atoms with Crippen molar-refractivity contribution < 1.29 is 18.8 Å². The maximum atomic E-state index is 13.9. The molecule has 2 aliphatic rings. The highest BCUT2D eigenvalue weighted by Gasteiger charge is 2.34. The molecule has 0 unspecified atom stereocenters. The Balaban J connectivity index is 1.67. The summed E-state index contributed by atoms with van der Waals surface area (Å²) in [5.41, 5.74) is -0.952. The van der Waals surface area contributed by atoms with Crippen LogP contribution in [-0.4, -0.2) is 41.8 Å². The van der Waals surface area contributed by atoms with Crippen molar-refractivity contribution in [2.24, 2.45) is 0 Å². The molecule has 6 nitrogen and oxygen atoms in total. The third-order valence-electron chi connectivity index (χ3n) is 4.54. The fourth-order valence-electron chi connectivity index (χ4n) is 3.03. The number of amides is 2. The highest BCUT2D eigenvalue weighted by atomic mass is 19.1. The molecule has 3 heterocycles. The molecule has 2 saturated heterocycles. The van der Waals surface area contributed by atoms with Crippen LogP contribution in [0.1, 0.15) is 37.2 Å². The van der Waals surface area contributed by atoms with Crippen LogP contribution in [0.5, 0.6) is 0 Å². The van der Waals surface area contributed by atoms with Gasteiger partial charge in [-0.15, -0.1) is 0 Å². The van der Waals surface area contributed by atoms with Gasteiger partial charge in [-0.05, 0) is 18.1 Å². The largest absolute Gasteiger partial charge is 0.356 e. The number of imide groups is 1. The molecule has 1 N–H and O–H groups in total. The molecule has 1 atom stereocenters. The number of anilines is 1. The van der Waals surface area contributed by atoms with E-state index in [0.29, 0.717) is 38.0 Å². The lowest BCUT2D eigenvalue weighted by Crippen LogP contribution is -2.43. The van der Waals surface area contributed by atoms with E-state index < -0.39 is 5.67 Å². The van der Waals surface area contributed by atoms with Crippen LogP contribution in [0.25, 0.3) is 0 Å². The number of hydrogen-bond acceptors (Lipinski definition) is 5. The predicted octanol–water partition coefficient (Wildman–Crippen LogP) is 1.11. The third kappa shape index (κ3) is 3.23. The maximum absolute atomic E-state index is 13.9. The van der Waals surface area contributed by atoms with Gasteiger partial charge in [0.05, 0.1) is 5.92 Å². The van der Waals surface area contributed by atoms with Gasteiger partial charge in [0.2, 0.25) is 11.8 Å².